The largest absolute Gasteiger partial charge is 0.496 e. The van der Waals surface area contributed by atoms with Gasteiger partial charge in [0.25, 0.3) is 0 Å². The van der Waals surface area contributed by atoms with Crippen molar-refractivity contribution < 1.29 is 4.74 Å². The molecular weight excluding hydrogens is 246 g/mol. The van der Waals surface area contributed by atoms with Crippen LogP contribution in [0, 0.1) is 11.3 Å². The Labute approximate surface area is 123 Å². The summed E-state index contributed by atoms with van der Waals surface area (Å²) in [6, 6.07) is 9.25. The van der Waals surface area contributed by atoms with Crippen molar-refractivity contribution >= 4 is 0 Å². The molecule has 0 saturated heterocycles. The Morgan fingerprint density at radius 2 is 1.95 bits per heavy atom. The first-order chi connectivity index (χ1) is 9.41. The van der Waals surface area contributed by atoms with Gasteiger partial charge in [-0.2, -0.15) is 0 Å². The van der Waals surface area contributed by atoms with Crippen LogP contribution >= 0.6 is 0 Å². The minimum absolute atomic E-state index is 0.331. The van der Waals surface area contributed by atoms with E-state index in [2.05, 4.69) is 45.1 Å². The second kappa shape index (κ2) is 6.17. The van der Waals surface area contributed by atoms with Crippen LogP contribution in [0.2, 0.25) is 0 Å². The summed E-state index contributed by atoms with van der Waals surface area (Å²) in [6.07, 6.45) is 3.88. The molecule has 1 fully saturated rings. The van der Waals surface area contributed by atoms with Crippen molar-refractivity contribution in [1.29, 1.82) is 0 Å². The molecule has 2 rings (SSSR count). The maximum atomic E-state index is 5.48. The molecule has 0 radical (unpaired) electrons. The van der Waals surface area contributed by atoms with Crippen LogP contribution in [-0.2, 0) is 0 Å². The minimum Gasteiger partial charge on any atom is -0.496 e. The summed E-state index contributed by atoms with van der Waals surface area (Å²) < 4.78 is 5.48. The first kappa shape index (κ1) is 15.4. The number of benzene rings is 1. The lowest BCUT2D eigenvalue weighted by Crippen LogP contribution is -2.41. The predicted molar refractivity (Wildman–Crippen MR) is 85.1 cm³/mol. The molecule has 1 N–H and O–H groups in total. The lowest BCUT2D eigenvalue weighted by Gasteiger charge is -2.40. The fourth-order valence-electron chi connectivity index (χ4n) is 3.94. The number of ether oxygens (including phenoxy) is 1. The monoisotopic (exact) mass is 275 g/mol. The van der Waals surface area contributed by atoms with Gasteiger partial charge in [-0.05, 0) is 43.6 Å². The molecule has 0 aromatic heterocycles. The van der Waals surface area contributed by atoms with Crippen molar-refractivity contribution in [3.63, 3.8) is 0 Å². The zero-order chi connectivity index (χ0) is 14.8. The SMILES string of the molecule is COc1ccccc1[C@H](C)NC1CC(C)CC(C)(C)C1. The van der Waals surface area contributed by atoms with Crippen LogP contribution in [0.5, 0.6) is 5.75 Å². The van der Waals surface area contributed by atoms with Gasteiger partial charge >= 0.3 is 0 Å². The van der Waals surface area contributed by atoms with Gasteiger partial charge in [-0.1, -0.05) is 39.0 Å². The van der Waals surface area contributed by atoms with Crippen LogP contribution in [0.3, 0.4) is 0 Å². The van der Waals surface area contributed by atoms with Crippen molar-refractivity contribution in [1.82, 2.24) is 5.32 Å². The average molecular weight is 275 g/mol. The quantitative estimate of drug-likeness (QED) is 0.869. The maximum absolute atomic E-state index is 5.48. The van der Waals surface area contributed by atoms with Gasteiger partial charge in [-0.3, -0.25) is 0 Å². The van der Waals surface area contributed by atoms with Crippen molar-refractivity contribution in [2.75, 3.05) is 7.11 Å². The first-order valence-electron chi connectivity index (χ1n) is 7.80. The Morgan fingerprint density at radius 1 is 1.25 bits per heavy atom. The second-order valence-corrected chi connectivity index (χ2v) is 7.24. The van der Waals surface area contributed by atoms with Crippen LogP contribution in [0.1, 0.15) is 58.6 Å². The smallest absolute Gasteiger partial charge is 0.123 e. The lowest BCUT2D eigenvalue weighted by molar-refractivity contribution is 0.145. The number of hydrogen-bond acceptors (Lipinski definition) is 2. The number of hydrogen-bond donors (Lipinski definition) is 1. The fourth-order valence-corrected chi connectivity index (χ4v) is 3.94. The summed E-state index contributed by atoms with van der Waals surface area (Å²) in [5, 5.41) is 3.82. The number of nitrogens with one attached hydrogen (secondary N) is 1. The minimum atomic E-state index is 0.331. The highest BCUT2D eigenvalue weighted by Crippen LogP contribution is 2.39. The highest BCUT2D eigenvalue weighted by Gasteiger charge is 2.32. The Bertz CT molecular complexity index is 441. The van der Waals surface area contributed by atoms with Gasteiger partial charge in [-0.15, -0.1) is 0 Å². The Kier molecular flexibility index (Phi) is 4.74. The van der Waals surface area contributed by atoms with Gasteiger partial charge in [0.1, 0.15) is 5.75 Å². The first-order valence-corrected chi connectivity index (χ1v) is 7.80. The van der Waals surface area contributed by atoms with E-state index in [-0.39, 0.29) is 0 Å². The molecule has 0 spiro atoms. The van der Waals surface area contributed by atoms with E-state index in [4.69, 9.17) is 4.74 Å². The van der Waals surface area contributed by atoms with Crippen LogP contribution in [0.15, 0.2) is 24.3 Å². The van der Waals surface area contributed by atoms with Crippen molar-refractivity contribution in [2.45, 2.75) is 59.0 Å². The van der Waals surface area contributed by atoms with Gasteiger partial charge in [0.15, 0.2) is 0 Å². The fraction of sp³-hybridized carbons (Fsp3) is 0.667. The summed E-state index contributed by atoms with van der Waals surface area (Å²) >= 11 is 0. The van der Waals surface area contributed by atoms with Crippen LogP contribution in [-0.4, -0.2) is 13.2 Å². The molecule has 0 amide bonds. The molecular formula is C18H29NO. The Hall–Kier alpha value is -1.02. The van der Waals surface area contributed by atoms with Crippen LogP contribution < -0.4 is 10.1 Å². The molecule has 1 aromatic carbocycles. The van der Waals surface area contributed by atoms with E-state index in [0.717, 1.165) is 11.7 Å². The van der Waals surface area contributed by atoms with Gasteiger partial charge < -0.3 is 10.1 Å². The van der Waals surface area contributed by atoms with E-state index in [1.807, 2.05) is 12.1 Å². The van der Waals surface area contributed by atoms with Crippen molar-refractivity contribution in [3.05, 3.63) is 29.8 Å². The molecule has 1 aliphatic carbocycles. The van der Waals surface area contributed by atoms with E-state index in [1.165, 1.54) is 24.8 Å². The molecule has 0 bridgehead atoms. The molecule has 0 heterocycles. The van der Waals surface area contributed by atoms with Crippen LogP contribution in [0.25, 0.3) is 0 Å². The number of methoxy groups -OCH3 is 1. The zero-order valence-electron chi connectivity index (χ0n) is 13.6. The number of rotatable bonds is 4. The second-order valence-electron chi connectivity index (χ2n) is 7.24. The van der Waals surface area contributed by atoms with E-state index in [0.29, 0.717) is 17.5 Å². The summed E-state index contributed by atoms with van der Waals surface area (Å²) in [4.78, 5) is 0. The molecule has 2 nitrogen and oxygen atoms in total. The molecule has 112 valence electrons. The van der Waals surface area contributed by atoms with Crippen molar-refractivity contribution in [3.8, 4) is 5.75 Å². The lowest BCUT2D eigenvalue weighted by atomic mass is 9.70. The third-order valence-electron chi connectivity index (χ3n) is 4.48. The number of para-hydroxylation sites is 1. The van der Waals surface area contributed by atoms with E-state index < -0.39 is 0 Å². The van der Waals surface area contributed by atoms with E-state index in [1.54, 1.807) is 7.11 Å². The Morgan fingerprint density at radius 3 is 2.60 bits per heavy atom. The molecule has 20 heavy (non-hydrogen) atoms. The third-order valence-corrected chi connectivity index (χ3v) is 4.48. The zero-order valence-corrected chi connectivity index (χ0v) is 13.6. The maximum Gasteiger partial charge on any atom is 0.123 e. The molecule has 1 saturated carbocycles. The normalized spacial score (nSPS) is 27.1. The topological polar surface area (TPSA) is 21.3 Å². The average Bonchev–Trinajstić information content (AvgIpc) is 2.36. The Balaban J connectivity index is 2.05. The van der Waals surface area contributed by atoms with Gasteiger partial charge in [0.05, 0.1) is 7.11 Å². The van der Waals surface area contributed by atoms with Crippen molar-refractivity contribution in [2.24, 2.45) is 11.3 Å². The molecule has 0 aliphatic heterocycles. The van der Waals surface area contributed by atoms with E-state index >= 15 is 0 Å². The summed E-state index contributed by atoms with van der Waals surface area (Å²) in [7, 11) is 1.75. The standard InChI is InChI=1S/C18H29NO/c1-13-10-15(12-18(3,4)11-13)19-14(2)16-8-6-7-9-17(16)20-5/h6-9,13-15,19H,10-12H2,1-5H3/t13?,14-,15?/m0/s1. The highest BCUT2D eigenvalue weighted by atomic mass is 16.5. The molecule has 3 atom stereocenters. The van der Waals surface area contributed by atoms with E-state index in [9.17, 15) is 0 Å². The summed E-state index contributed by atoms with van der Waals surface area (Å²) in [5.74, 6) is 1.79. The summed E-state index contributed by atoms with van der Waals surface area (Å²) in [6.45, 7) is 9.41. The van der Waals surface area contributed by atoms with Gasteiger partial charge in [0, 0.05) is 17.6 Å². The third kappa shape index (κ3) is 3.76. The molecule has 1 aliphatic rings. The molecule has 1 aromatic rings. The highest BCUT2D eigenvalue weighted by molar-refractivity contribution is 5.35. The predicted octanol–water partition coefficient (Wildman–Crippen LogP) is 4.56. The molecule has 2 heteroatoms. The summed E-state index contributed by atoms with van der Waals surface area (Å²) in [5.41, 5.74) is 1.71. The van der Waals surface area contributed by atoms with Crippen LogP contribution in [0.4, 0.5) is 0 Å². The van der Waals surface area contributed by atoms with Gasteiger partial charge in [-0.25, -0.2) is 0 Å². The molecule has 2 unspecified atom stereocenters. The van der Waals surface area contributed by atoms with Gasteiger partial charge in [0.2, 0.25) is 0 Å².